The molecular formula is C19H29N5O. The summed E-state index contributed by atoms with van der Waals surface area (Å²) in [6.07, 6.45) is 8.64. The largest absolute Gasteiger partial charge is 0.342 e. The maximum absolute atomic E-state index is 11.9. The molecule has 1 amide bonds. The molecule has 1 unspecified atom stereocenters. The quantitative estimate of drug-likeness (QED) is 0.817. The van der Waals surface area contributed by atoms with Crippen LogP contribution in [0.15, 0.2) is 12.3 Å². The molecule has 3 aliphatic rings. The van der Waals surface area contributed by atoms with Crippen LogP contribution in [-0.4, -0.2) is 64.9 Å². The summed E-state index contributed by atoms with van der Waals surface area (Å²) in [7, 11) is 0. The second-order valence-electron chi connectivity index (χ2n) is 7.73. The molecule has 0 aromatic carbocycles. The first-order chi connectivity index (χ1) is 12.3. The van der Waals surface area contributed by atoms with Crippen molar-refractivity contribution in [2.75, 3.05) is 44.2 Å². The van der Waals surface area contributed by atoms with E-state index in [0.29, 0.717) is 11.8 Å². The van der Waals surface area contributed by atoms with Crippen molar-refractivity contribution in [2.45, 2.75) is 45.1 Å². The van der Waals surface area contributed by atoms with Crippen molar-refractivity contribution >= 4 is 11.9 Å². The molecule has 1 atom stereocenters. The lowest BCUT2D eigenvalue weighted by molar-refractivity contribution is -0.128. The van der Waals surface area contributed by atoms with Gasteiger partial charge in [-0.05, 0) is 50.6 Å². The van der Waals surface area contributed by atoms with E-state index >= 15 is 0 Å². The summed E-state index contributed by atoms with van der Waals surface area (Å²) >= 11 is 0. The van der Waals surface area contributed by atoms with E-state index in [-0.39, 0.29) is 0 Å². The molecule has 6 heteroatoms. The van der Waals surface area contributed by atoms with Crippen LogP contribution in [0.4, 0.5) is 5.95 Å². The zero-order valence-corrected chi connectivity index (χ0v) is 15.1. The highest BCUT2D eigenvalue weighted by molar-refractivity contribution is 5.78. The van der Waals surface area contributed by atoms with E-state index in [1.165, 1.54) is 25.7 Å². The number of likely N-dealkylation sites (tertiary alicyclic amines) is 2. The first kappa shape index (κ1) is 16.8. The molecule has 3 fully saturated rings. The Balaban J connectivity index is 1.34. The number of carbonyl (C=O) groups is 1. The molecule has 3 aliphatic heterocycles. The van der Waals surface area contributed by atoms with Gasteiger partial charge in [0.15, 0.2) is 0 Å². The van der Waals surface area contributed by atoms with Crippen molar-refractivity contribution in [3.8, 4) is 0 Å². The summed E-state index contributed by atoms with van der Waals surface area (Å²) in [4.78, 5) is 28.0. The van der Waals surface area contributed by atoms with Gasteiger partial charge in [-0.1, -0.05) is 0 Å². The lowest BCUT2D eigenvalue weighted by atomic mass is 9.97. The third-order valence-electron chi connectivity index (χ3n) is 5.73. The van der Waals surface area contributed by atoms with E-state index in [1.54, 1.807) is 0 Å². The molecule has 3 saturated heterocycles. The highest BCUT2D eigenvalue weighted by Crippen LogP contribution is 2.22. The van der Waals surface area contributed by atoms with Gasteiger partial charge in [0.2, 0.25) is 11.9 Å². The van der Waals surface area contributed by atoms with E-state index in [1.807, 2.05) is 12.3 Å². The SMILES string of the molecule is O=C1CCCN1CC1CCCN(Cc2ccnc(N3CCCC3)n2)C1. The zero-order valence-electron chi connectivity index (χ0n) is 15.1. The van der Waals surface area contributed by atoms with Crippen molar-refractivity contribution in [2.24, 2.45) is 5.92 Å². The number of nitrogens with zero attached hydrogens (tertiary/aromatic N) is 5. The van der Waals surface area contributed by atoms with Crippen LogP contribution in [0.5, 0.6) is 0 Å². The molecule has 4 heterocycles. The average molecular weight is 343 g/mol. The van der Waals surface area contributed by atoms with Gasteiger partial charge in [0.25, 0.3) is 0 Å². The highest BCUT2D eigenvalue weighted by atomic mass is 16.2. The number of amides is 1. The molecule has 0 bridgehead atoms. The molecule has 1 aromatic rings. The van der Waals surface area contributed by atoms with Gasteiger partial charge in [-0.25, -0.2) is 9.97 Å². The summed E-state index contributed by atoms with van der Waals surface area (Å²) in [5, 5.41) is 0. The van der Waals surface area contributed by atoms with Crippen LogP contribution in [0.25, 0.3) is 0 Å². The number of aromatic nitrogens is 2. The van der Waals surface area contributed by atoms with Gasteiger partial charge >= 0.3 is 0 Å². The molecule has 0 N–H and O–H groups in total. The number of hydrogen-bond acceptors (Lipinski definition) is 5. The van der Waals surface area contributed by atoms with Crippen LogP contribution in [-0.2, 0) is 11.3 Å². The average Bonchev–Trinajstić information content (AvgIpc) is 3.28. The number of hydrogen-bond donors (Lipinski definition) is 0. The monoisotopic (exact) mass is 343 g/mol. The minimum atomic E-state index is 0.350. The summed E-state index contributed by atoms with van der Waals surface area (Å²) in [6, 6.07) is 2.05. The fourth-order valence-corrected chi connectivity index (χ4v) is 4.42. The zero-order chi connectivity index (χ0) is 17.1. The summed E-state index contributed by atoms with van der Waals surface area (Å²) in [5.74, 6) is 1.85. The van der Waals surface area contributed by atoms with Crippen molar-refractivity contribution in [1.82, 2.24) is 19.8 Å². The van der Waals surface area contributed by atoms with Gasteiger partial charge in [0, 0.05) is 51.9 Å². The number of piperidine rings is 1. The lowest BCUT2D eigenvalue weighted by Gasteiger charge is -2.34. The number of rotatable bonds is 5. The van der Waals surface area contributed by atoms with Crippen molar-refractivity contribution in [3.63, 3.8) is 0 Å². The lowest BCUT2D eigenvalue weighted by Crippen LogP contribution is -2.41. The molecule has 6 nitrogen and oxygen atoms in total. The third-order valence-corrected chi connectivity index (χ3v) is 5.73. The summed E-state index contributed by atoms with van der Waals surface area (Å²) in [6.45, 7) is 7.17. The second kappa shape index (κ2) is 7.68. The number of anilines is 1. The molecule has 0 aliphatic carbocycles. The van der Waals surface area contributed by atoms with Crippen LogP contribution in [0, 0.1) is 5.92 Å². The van der Waals surface area contributed by atoms with Crippen molar-refractivity contribution in [3.05, 3.63) is 18.0 Å². The normalized spacial score (nSPS) is 25.1. The summed E-state index contributed by atoms with van der Waals surface area (Å²) < 4.78 is 0. The van der Waals surface area contributed by atoms with Crippen LogP contribution < -0.4 is 4.90 Å². The van der Waals surface area contributed by atoms with E-state index in [9.17, 15) is 4.79 Å². The Morgan fingerprint density at radius 2 is 1.96 bits per heavy atom. The van der Waals surface area contributed by atoms with E-state index < -0.39 is 0 Å². The fraction of sp³-hybridized carbons (Fsp3) is 0.737. The molecule has 1 aromatic heterocycles. The maximum atomic E-state index is 11.9. The van der Waals surface area contributed by atoms with Crippen molar-refractivity contribution in [1.29, 1.82) is 0 Å². The van der Waals surface area contributed by atoms with Crippen molar-refractivity contribution < 1.29 is 4.79 Å². The van der Waals surface area contributed by atoms with Gasteiger partial charge in [0.1, 0.15) is 0 Å². The first-order valence-corrected chi connectivity index (χ1v) is 9.85. The van der Waals surface area contributed by atoms with E-state index in [0.717, 1.165) is 70.3 Å². The maximum Gasteiger partial charge on any atom is 0.225 e. The van der Waals surface area contributed by atoms with E-state index in [4.69, 9.17) is 4.98 Å². The molecular weight excluding hydrogens is 314 g/mol. The highest BCUT2D eigenvalue weighted by Gasteiger charge is 2.27. The molecule has 0 spiro atoms. The Morgan fingerprint density at radius 1 is 1.08 bits per heavy atom. The Bertz CT molecular complexity index is 601. The van der Waals surface area contributed by atoms with Crippen LogP contribution >= 0.6 is 0 Å². The van der Waals surface area contributed by atoms with E-state index in [2.05, 4.69) is 19.7 Å². The van der Waals surface area contributed by atoms with Gasteiger partial charge < -0.3 is 9.80 Å². The van der Waals surface area contributed by atoms with Gasteiger partial charge in [-0.3, -0.25) is 9.69 Å². The predicted molar refractivity (Wildman–Crippen MR) is 97.3 cm³/mol. The molecule has 4 rings (SSSR count). The van der Waals surface area contributed by atoms with Crippen LogP contribution in [0.3, 0.4) is 0 Å². The van der Waals surface area contributed by atoms with Gasteiger partial charge in [-0.15, -0.1) is 0 Å². The molecule has 136 valence electrons. The van der Waals surface area contributed by atoms with Gasteiger partial charge in [-0.2, -0.15) is 0 Å². The van der Waals surface area contributed by atoms with Gasteiger partial charge in [0.05, 0.1) is 5.69 Å². The fourth-order valence-electron chi connectivity index (χ4n) is 4.42. The number of carbonyl (C=O) groups excluding carboxylic acids is 1. The first-order valence-electron chi connectivity index (χ1n) is 9.85. The Hall–Kier alpha value is -1.69. The van der Waals surface area contributed by atoms with Crippen LogP contribution in [0.1, 0.15) is 44.2 Å². The molecule has 25 heavy (non-hydrogen) atoms. The summed E-state index contributed by atoms with van der Waals surface area (Å²) in [5.41, 5.74) is 1.12. The Labute approximate surface area is 150 Å². The molecule has 0 saturated carbocycles. The molecule has 0 radical (unpaired) electrons. The Morgan fingerprint density at radius 3 is 2.76 bits per heavy atom. The predicted octanol–water partition coefficient (Wildman–Crippen LogP) is 1.91. The minimum Gasteiger partial charge on any atom is -0.342 e. The Kier molecular flexibility index (Phi) is 5.15. The van der Waals surface area contributed by atoms with Crippen LogP contribution in [0.2, 0.25) is 0 Å². The standard InChI is InChI=1S/C19H29N5O/c25-18-6-4-12-24(18)14-16-5-3-9-22(13-16)15-17-7-8-20-19(21-17)23-10-1-2-11-23/h7-8,16H,1-6,9-15H2. The topological polar surface area (TPSA) is 52.6 Å². The second-order valence-corrected chi connectivity index (χ2v) is 7.73. The third kappa shape index (κ3) is 4.11. The minimum absolute atomic E-state index is 0.350. The smallest absolute Gasteiger partial charge is 0.225 e.